The minimum Gasteiger partial charge on any atom is -0.870 e. The topological polar surface area (TPSA) is 30.0 Å². The van der Waals surface area contributed by atoms with E-state index in [9.17, 15) is 0 Å². The van der Waals surface area contributed by atoms with Gasteiger partial charge in [0.25, 0.3) is 0 Å². The molecule has 0 aromatic heterocycles. The van der Waals surface area contributed by atoms with Gasteiger partial charge in [0.05, 0.1) is 26.2 Å². The third kappa shape index (κ3) is 7.24. The van der Waals surface area contributed by atoms with Crippen LogP contribution in [0, 0.1) is 0 Å². The lowest BCUT2D eigenvalue weighted by Gasteiger charge is -2.37. The fraction of sp³-hybridized carbons (Fsp3) is 1.00. The van der Waals surface area contributed by atoms with Gasteiger partial charge in [-0.05, 0) is 39.5 Å². The lowest BCUT2D eigenvalue weighted by atomic mass is 10.1. The molecule has 0 aromatic carbocycles. The average Bonchev–Trinajstić information content (AvgIpc) is 2.28. The van der Waals surface area contributed by atoms with E-state index < -0.39 is 0 Å². The van der Waals surface area contributed by atoms with E-state index in [1.54, 1.807) is 0 Å². The van der Waals surface area contributed by atoms with Crippen LogP contribution in [0.1, 0.15) is 66.2 Å². The Labute approximate surface area is 103 Å². The summed E-state index contributed by atoms with van der Waals surface area (Å²) in [4.78, 5) is 0. The Balaban J connectivity index is 0. The van der Waals surface area contributed by atoms with Crippen molar-refractivity contribution in [1.82, 2.24) is 0 Å². The van der Waals surface area contributed by atoms with E-state index in [0.29, 0.717) is 0 Å². The molecule has 0 amide bonds. The molecule has 0 bridgehead atoms. The first-order chi connectivity index (χ1) is 7.24. The Bertz CT molecular complexity index is 121. The molecule has 1 N–H and O–H groups in total. The van der Waals surface area contributed by atoms with Gasteiger partial charge in [-0.25, -0.2) is 0 Å². The maximum absolute atomic E-state index is 2.36. The molecule has 0 rings (SSSR count). The van der Waals surface area contributed by atoms with Crippen molar-refractivity contribution in [2.24, 2.45) is 0 Å². The number of hydrogen-bond acceptors (Lipinski definition) is 1. The van der Waals surface area contributed by atoms with Gasteiger partial charge in [-0.3, -0.25) is 0 Å². The highest BCUT2D eigenvalue weighted by Gasteiger charge is 2.21. The van der Waals surface area contributed by atoms with Crippen LogP contribution in [-0.2, 0) is 0 Å². The second-order valence-corrected chi connectivity index (χ2v) is 4.84. The largest absolute Gasteiger partial charge is 0.870 e. The van der Waals surface area contributed by atoms with E-state index in [-0.39, 0.29) is 5.48 Å². The van der Waals surface area contributed by atoms with Crippen LogP contribution in [0.2, 0.25) is 0 Å². The summed E-state index contributed by atoms with van der Waals surface area (Å²) < 4.78 is 1.36. The normalized spacial score (nSPS) is 11.2. The number of nitrogens with zero attached hydrogens (tertiary/aromatic N) is 1. The van der Waals surface area contributed by atoms with Crippen molar-refractivity contribution in [3.8, 4) is 0 Å². The Morgan fingerprint density at radius 2 is 1.00 bits per heavy atom. The summed E-state index contributed by atoms with van der Waals surface area (Å²) in [7, 11) is 0. The lowest BCUT2D eigenvalue weighted by molar-refractivity contribution is -0.925. The number of rotatable bonds is 10. The summed E-state index contributed by atoms with van der Waals surface area (Å²) in [5.74, 6) is 0. The van der Waals surface area contributed by atoms with Gasteiger partial charge in [0.2, 0.25) is 0 Å². The zero-order valence-electron chi connectivity index (χ0n) is 12.0. The molecule has 0 spiro atoms. The maximum atomic E-state index is 2.36. The van der Waals surface area contributed by atoms with Crippen LogP contribution >= 0.6 is 0 Å². The molecular formula is C14H33NO. The number of hydrogen-bond donors (Lipinski definition) is 0. The van der Waals surface area contributed by atoms with Crippen LogP contribution in [0.25, 0.3) is 0 Å². The SMILES string of the molecule is CCCCC[N+](CC)(CC)CCCCC.[OH-]. The molecule has 16 heavy (non-hydrogen) atoms. The molecule has 0 heterocycles. The summed E-state index contributed by atoms with van der Waals surface area (Å²) in [6.45, 7) is 14.8. The molecule has 0 aliphatic heterocycles. The molecule has 0 aromatic rings. The average molecular weight is 231 g/mol. The van der Waals surface area contributed by atoms with E-state index in [2.05, 4.69) is 27.7 Å². The molecule has 0 saturated heterocycles. The first-order valence-electron chi connectivity index (χ1n) is 7.09. The van der Waals surface area contributed by atoms with Crippen LogP contribution in [0.15, 0.2) is 0 Å². The van der Waals surface area contributed by atoms with Crippen molar-refractivity contribution in [3.05, 3.63) is 0 Å². The lowest BCUT2D eigenvalue weighted by Crippen LogP contribution is -2.49. The van der Waals surface area contributed by atoms with Gasteiger partial charge in [-0.15, -0.1) is 0 Å². The smallest absolute Gasteiger partial charge is 0.0786 e. The zero-order chi connectivity index (χ0) is 11.6. The Morgan fingerprint density at radius 3 is 1.25 bits per heavy atom. The molecule has 2 nitrogen and oxygen atoms in total. The summed E-state index contributed by atoms with van der Waals surface area (Å²) in [6, 6.07) is 0. The van der Waals surface area contributed by atoms with E-state index in [1.165, 1.54) is 69.2 Å². The van der Waals surface area contributed by atoms with Crippen molar-refractivity contribution in [2.75, 3.05) is 26.2 Å². The summed E-state index contributed by atoms with van der Waals surface area (Å²) in [6.07, 6.45) is 8.36. The van der Waals surface area contributed by atoms with Crippen molar-refractivity contribution in [1.29, 1.82) is 0 Å². The van der Waals surface area contributed by atoms with Gasteiger partial charge in [-0.2, -0.15) is 0 Å². The van der Waals surface area contributed by atoms with E-state index in [4.69, 9.17) is 0 Å². The van der Waals surface area contributed by atoms with Crippen LogP contribution in [0.3, 0.4) is 0 Å². The van der Waals surface area contributed by atoms with Crippen LogP contribution in [-0.4, -0.2) is 36.1 Å². The van der Waals surface area contributed by atoms with Crippen molar-refractivity contribution >= 4 is 0 Å². The van der Waals surface area contributed by atoms with Crippen molar-refractivity contribution in [3.63, 3.8) is 0 Å². The highest BCUT2D eigenvalue weighted by atomic mass is 16.0. The minimum atomic E-state index is 0. The fourth-order valence-corrected chi connectivity index (χ4v) is 2.36. The summed E-state index contributed by atoms with van der Waals surface area (Å²) in [5, 5.41) is 0. The maximum Gasteiger partial charge on any atom is 0.0786 e. The summed E-state index contributed by atoms with van der Waals surface area (Å²) in [5.41, 5.74) is 0. The second kappa shape index (κ2) is 11.4. The van der Waals surface area contributed by atoms with Gasteiger partial charge >= 0.3 is 0 Å². The van der Waals surface area contributed by atoms with Crippen LogP contribution in [0.4, 0.5) is 0 Å². The molecule has 2 heteroatoms. The first kappa shape index (κ1) is 18.3. The Kier molecular flexibility index (Phi) is 13.0. The van der Waals surface area contributed by atoms with Gasteiger partial charge in [-0.1, -0.05) is 26.7 Å². The quantitative estimate of drug-likeness (QED) is 0.412. The third-order valence-electron chi connectivity index (χ3n) is 3.81. The predicted octanol–water partition coefficient (Wildman–Crippen LogP) is 4.05. The molecule has 0 fully saturated rings. The molecule has 0 atom stereocenters. The number of unbranched alkanes of at least 4 members (excludes halogenated alkanes) is 4. The summed E-state index contributed by atoms with van der Waals surface area (Å²) >= 11 is 0. The highest BCUT2D eigenvalue weighted by Crippen LogP contribution is 2.12. The monoisotopic (exact) mass is 231 g/mol. The van der Waals surface area contributed by atoms with Gasteiger partial charge in [0.1, 0.15) is 0 Å². The van der Waals surface area contributed by atoms with E-state index >= 15 is 0 Å². The van der Waals surface area contributed by atoms with E-state index in [0.717, 1.165) is 0 Å². The molecule has 0 aliphatic rings. The van der Waals surface area contributed by atoms with Crippen LogP contribution < -0.4 is 0 Å². The third-order valence-corrected chi connectivity index (χ3v) is 3.81. The number of quaternary nitrogens is 1. The minimum absolute atomic E-state index is 0. The predicted molar refractivity (Wildman–Crippen MR) is 72.1 cm³/mol. The Hall–Kier alpha value is -0.0800. The Morgan fingerprint density at radius 1 is 0.625 bits per heavy atom. The molecule has 0 saturated carbocycles. The van der Waals surface area contributed by atoms with Crippen molar-refractivity contribution < 1.29 is 9.96 Å². The van der Waals surface area contributed by atoms with Gasteiger partial charge in [0.15, 0.2) is 0 Å². The van der Waals surface area contributed by atoms with Crippen molar-refractivity contribution in [2.45, 2.75) is 66.2 Å². The molecule has 0 unspecified atom stereocenters. The van der Waals surface area contributed by atoms with E-state index in [1.807, 2.05) is 0 Å². The standard InChI is InChI=1S/C14H32N.H2O/c1-5-9-11-13-15(7-3,8-4)14-12-10-6-2;/h5-14H2,1-4H3;1H2/q+1;/p-1. The second-order valence-electron chi connectivity index (χ2n) is 4.84. The zero-order valence-corrected chi connectivity index (χ0v) is 12.0. The van der Waals surface area contributed by atoms with Crippen LogP contribution in [0.5, 0.6) is 0 Å². The molecular weight excluding hydrogens is 198 g/mol. The molecule has 0 radical (unpaired) electrons. The van der Waals surface area contributed by atoms with Gasteiger partial charge in [0, 0.05) is 0 Å². The first-order valence-corrected chi connectivity index (χ1v) is 7.09. The molecule has 100 valence electrons. The van der Waals surface area contributed by atoms with Gasteiger partial charge < -0.3 is 9.96 Å². The molecule has 0 aliphatic carbocycles. The fourth-order valence-electron chi connectivity index (χ4n) is 2.36. The highest BCUT2D eigenvalue weighted by molar-refractivity contribution is 4.45.